The topological polar surface area (TPSA) is 24.1 Å². The minimum Gasteiger partial charge on any atom is -0.319 e. The monoisotopic (exact) mass is 296 g/mol. The molecule has 2 N–H and O–H groups in total. The van der Waals surface area contributed by atoms with Gasteiger partial charge in [0.25, 0.3) is 0 Å². The normalized spacial score (nSPS) is 22.4. The molecule has 1 heterocycles. The molecule has 1 aliphatic rings. The van der Waals surface area contributed by atoms with Crippen LogP contribution in [0.15, 0.2) is 28.7 Å². The Kier molecular flexibility index (Phi) is 5.01. The molecule has 17 heavy (non-hydrogen) atoms. The second-order valence-electron chi connectivity index (χ2n) is 4.79. The van der Waals surface area contributed by atoms with E-state index in [1.54, 1.807) is 0 Å². The Labute approximate surface area is 112 Å². The zero-order valence-corrected chi connectivity index (χ0v) is 12.0. The highest BCUT2D eigenvalue weighted by atomic mass is 79.9. The van der Waals surface area contributed by atoms with Gasteiger partial charge in [0.2, 0.25) is 0 Å². The van der Waals surface area contributed by atoms with Crippen LogP contribution in [0.5, 0.6) is 0 Å². The molecule has 1 aromatic carbocycles. The first-order chi connectivity index (χ1) is 8.33. The number of hydrogen-bond donors (Lipinski definition) is 2. The maximum Gasteiger partial charge on any atom is 0.0210 e. The molecule has 1 fully saturated rings. The molecule has 0 radical (unpaired) electrons. The minimum atomic E-state index is 0.600. The van der Waals surface area contributed by atoms with Crippen molar-refractivity contribution < 1.29 is 0 Å². The fourth-order valence-corrected chi connectivity index (χ4v) is 3.33. The third kappa shape index (κ3) is 3.30. The lowest BCUT2D eigenvalue weighted by Gasteiger charge is -2.31. The van der Waals surface area contributed by atoms with Crippen LogP contribution in [0, 0.1) is 5.92 Å². The number of rotatable bonds is 4. The molecule has 0 spiro atoms. The van der Waals surface area contributed by atoms with Gasteiger partial charge in [0.05, 0.1) is 0 Å². The summed E-state index contributed by atoms with van der Waals surface area (Å²) in [4.78, 5) is 0. The van der Waals surface area contributed by atoms with Crippen LogP contribution in [0.2, 0.25) is 0 Å². The second kappa shape index (κ2) is 6.53. The smallest absolute Gasteiger partial charge is 0.0210 e. The van der Waals surface area contributed by atoms with Gasteiger partial charge in [0.15, 0.2) is 0 Å². The van der Waals surface area contributed by atoms with Crippen LogP contribution in [0.25, 0.3) is 0 Å². The van der Waals surface area contributed by atoms with Gasteiger partial charge in [-0.15, -0.1) is 0 Å². The summed E-state index contributed by atoms with van der Waals surface area (Å²) < 4.78 is 1.24. The first-order valence-electron chi connectivity index (χ1n) is 6.42. The van der Waals surface area contributed by atoms with E-state index in [4.69, 9.17) is 0 Å². The van der Waals surface area contributed by atoms with E-state index in [9.17, 15) is 0 Å². The molecule has 0 saturated carbocycles. The van der Waals surface area contributed by atoms with E-state index in [1.165, 1.54) is 29.4 Å². The predicted molar refractivity (Wildman–Crippen MR) is 76.4 cm³/mol. The zero-order valence-electron chi connectivity index (χ0n) is 10.4. The average Bonchev–Trinajstić information content (AvgIpc) is 2.38. The highest BCUT2D eigenvalue weighted by Crippen LogP contribution is 2.33. The van der Waals surface area contributed by atoms with Crippen molar-refractivity contribution in [3.05, 3.63) is 34.3 Å². The summed E-state index contributed by atoms with van der Waals surface area (Å²) in [5.41, 5.74) is 1.44. The fourth-order valence-electron chi connectivity index (χ4n) is 2.75. The van der Waals surface area contributed by atoms with E-state index in [1.807, 2.05) is 7.05 Å². The molecule has 2 atom stereocenters. The van der Waals surface area contributed by atoms with Gasteiger partial charge in [-0.05, 0) is 50.5 Å². The van der Waals surface area contributed by atoms with Gasteiger partial charge in [0.1, 0.15) is 0 Å². The molecule has 1 saturated heterocycles. The summed E-state index contributed by atoms with van der Waals surface area (Å²) in [6, 6.07) is 8.62. The zero-order chi connectivity index (χ0) is 12.1. The first kappa shape index (κ1) is 13.1. The summed E-state index contributed by atoms with van der Waals surface area (Å²) >= 11 is 3.69. The summed E-state index contributed by atoms with van der Waals surface area (Å²) in [6.07, 6.45) is 2.63. The van der Waals surface area contributed by atoms with Crippen LogP contribution in [0.4, 0.5) is 0 Å². The quantitative estimate of drug-likeness (QED) is 0.893. The molecular formula is C14H21BrN2. The lowest BCUT2D eigenvalue weighted by molar-refractivity contribution is 0.317. The van der Waals surface area contributed by atoms with Gasteiger partial charge in [-0.1, -0.05) is 34.1 Å². The lowest BCUT2D eigenvalue weighted by Crippen LogP contribution is -2.36. The molecule has 2 rings (SSSR count). The molecular weight excluding hydrogens is 276 g/mol. The lowest BCUT2D eigenvalue weighted by atomic mass is 9.81. The van der Waals surface area contributed by atoms with Gasteiger partial charge in [-0.3, -0.25) is 0 Å². The number of nitrogens with one attached hydrogen (secondary N) is 2. The third-order valence-corrected chi connectivity index (χ3v) is 4.35. The van der Waals surface area contributed by atoms with Crippen LogP contribution in [0.3, 0.4) is 0 Å². The molecule has 0 bridgehead atoms. The van der Waals surface area contributed by atoms with Crippen molar-refractivity contribution in [1.29, 1.82) is 0 Å². The Balaban J connectivity index is 2.18. The highest BCUT2D eigenvalue weighted by Gasteiger charge is 2.25. The second-order valence-corrected chi connectivity index (χ2v) is 5.65. The molecule has 0 aromatic heterocycles. The van der Waals surface area contributed by atoms with Gasteiger partial charge in [-0.25, -0.2) is 0 Å². The van der Waals surface area contributed by atoms with Crippen molar-refractivity contribution >= 4 is 15.9 Å². The summed E-state index contributed by atoms with van der Waals surface area (Å²) in [6.45, 7) is 3.38. The standard InChI is InChI=1S/C14H21BrN2/c1-16-10-13(11-5-4-8-17-9-11)12-6-2-3-7-14(12)15/h2-3,6-7,11,13,16-17H,4-5,8-10H2,1H3. The predicted octanol–water partition coefficient (Wildman–Crippen LogP) is 2.75. The van der Waals surface area contributed by atoms with E-state index in [2.05, 4.69) is 50.8 Å². The summed E-state index contributed by atoms with van der Waals surface area (Å²) in [5, 5.41) is 6.86. The number of hydrogen-bond acceptors (Lipinski definition) is 2. The Bertz CT molecular complexity index is 348. The summed E-state index contributed by atoms with van der Waals surface area (Å²) in [5.74, 6) is 1.35. The molecule has 0 amide bonds. The molecule has 1 aromatic rings. The molecule has 94 valence electrons. The average molecular weight is 297 g/mol. The van der Waals surface area contributed by atoms with Crippen LogP contribution in [-0.2, 0) is 0 Å². The molecule has 3 heteroatoms. The van der Waals surface area contributed by atoms with Crippen molar-refractivity contribution in [1.82, 2.24) is 10.6 Å². The molecule has 0 aliphatic carbocycles. The maximum atomic E-state index is 3.69. The Hall–Kier alpha value is -0.380. The van der Waals surface area contributed by atoms with Crippen LogP contribution in [0.1, 0.15) is 24.3 Å². The maximum absolute atomic E-state index is 3.69. The molecule has 2 nitrogen and oxygen atoms in total. The van der Waals surface area contributed by atoms with Gasteiger partial charge in [0, 0.05) is 16.9 Å². The van der Waals surface area contributed by atoms with E-state index in [-0.39, 0.29) is 0 Å². The summed E-state index contributed by atoms with van der Waals surface area (Å²) in [7, 11) is 2.04. The minimum absolute atomic E-state index is 0.600. The highest BCUT2D eigenvalue weighted by molar-refractivity contribution is 9.10. The van der Waals surface area contributed by atoms with Crippen molar-refractivity contribution in [3.63, 3.8) is 0 Å². The fraction of sp³-hybridized carbons (Fsp3) is 0.571. The number of halogens is 1. The third-order valence-electron chi connectivity index (χ3n) is 3.63. The van der Waals surface area contributed by atoms with Crippen molar-refractivity contribution in [2.24, 2.45) is 5.92 Å². The number of benzene rings is 1. The molecule has 2 unspecified atom stereocenters. The van der Waals surface area contributed by atoms with Crippen molar-refractivity contribution in [2.45, 2.75) is 18.8 Å². The van der Waals surface area contributed by atoms with Gasteiger partial charge < -0.3 is 10.6 Å². The Morgan fingerprint density at radius 2 is 2.29 bits per heavy atom. The SMILES string of the molecule is CNCC(c1ccccc1Br)C1CCCNC1. The van der Waals surface area contributed by atoms with Crippen molar-refractivity contribution in [3.8, 4) is 0 Å². The number of likely N-dealkylation sites (N-methyl/N-ethyl adjacent to an activating group) is 1. The molecule has 1 aliphatic heterocycles. The van der Waals surface area contributed by atoms with Crippen LogP contribution < -0.4 is 10.6 Å². The largest absolute Gasteiger partial charge is 0.319 e. The van der Waals surface area contributed by atoms with E-state index in [0.717, 1.165) is 19.0 Å². The first-order valence-corrected chi connectivity index (χ1v) is 7.22. The van der Waals surface area contributed by atoms with Gasteiger partial charge in [-0.2, -0.15) is 0 Å². The van der Waals surface area contributed by atoms with Crippen LogP contribution in [-0.4, -0.2) is 26.7 Å². The van der Waals surface area contributed by atoms with E-state index < -0.39 is 0 Å². The Morgan fingerprint density at radius 3 is 2.94 bits per heavy atom. The Morgan fingerprint density at radius 1 is 1.47 bits per heavy atom. The van der Waals surface area contributed by atoms with E-state index >= 15 is 0 Å². The van der Waals surface area contributed by atoms with Crippen molar-refractivity contribution in [2.75, 3.05) is 26.7 Å². The number of piperidine rings is 1. The van der Waals surface area contributed by atoms with E-state index in [0.29, 0.717) is 5.92 Å². The van der Waals surface area contributed by atoms with Crippen LogP contribution >= 0.6 is 15.9 Å². The van der Waals surface area contributed by atoms with Gasteiger partial charge >= 0.3 is 0 Å².